The Balaban J connectivity index is 2.15. The van der Waals surface area contributed by atoms with Crippen LogP contribution in [-0.4, -0.2) is 16.1 Å². The van der Waals surface area contributed by atoms with E-state index in [-0.39, 0.29) is 5.41 Å². The van der Waals surface area contributed by atoms with E-state index in [9.17, 15) is 0 Å². The molecule has 0 spiro atoms. The summed E-state index contributed by atoms with van der Waals surface area (Å²) in [6, 6.07) is 6.67. The quantitative estimate of drug-likeness (QED) is 0.881. The summed E-state index contributed by atoms with van der Waals surface area (Å²) in [5.41, 5.74) is 9.99. The molecule has 1 fully saturated rings. The van der Waals surface area contributed by atoms with Crippen molar-refractivity contribution in [2.45, 2.75) is 38.0 Å². The Bertz CT molecular complexity index is 577. The summed E-state index contributed by atoms with van der Waals surface area (Å²) < 4.78 is 2.16. The van der Waals surface area contributed by atoms with Crippen molar-refractivity contribution in [3.05, 3.63) is 29.6 Å². The van der Waals surface area contributed by atoms with Crippen LogP contribution in [0.2, 0.25) is 0 Å². The number of fused-ring (bicyclic) bond motifs is 1. The van der Waals surface area contributed by atoms with E-state index in [0.717, 1.165) is 17.9 Å². The molecular weight excluding hydrogens is 222 g/mol. The molecule has 18 heavy (non-hydrogen) atoms. The Kier molecular flexibility index (Phi) is 2.67. The fourth-order valence-corrected chi connectivity index (χ4v) is 3.30. The summed E-state index contributed by atoms with van der Waals surface area (Å²) in [7, 11) is 2.08. The predicted molar refractivity (Wildman–Crippen MR) is 74.7 cm³/mol. The molecule has 0 atom stereocenters. The zero-order chi connectivity index (χ0) is 12.8. The molecule has 1 aliphatic carbocycles. The summed E-state index contributed by atoms with van der Waals surface area (Å²) in [5, 5.41) is 0. The summed E-state index contributed by atoms with van der Waals surface area (Å²) in [5.74, 6) is 1.07. The average Bonchev–Trinajstić information content (AvgIpc) is 2.97. The minimum Gasteiger partial charge on any atom is -0.331 e. The van der Waals surface area contributed by atoms with Crippen molar-refractivity contribution in [3.63, 3.8) is 0 Å². The van der Waals surface area contributed by atoms with Gasteiger partial charge >= 0.3 is 0 Å². The Morgan fingerprint density at radius 1 is 1.33 bits per heavy atom. The van der Waals surface area contributed by atoms with Crippen LogP contribution in [0.5, 0.6) is 0 Å². The van der Waals surface area contributed by atoms with Gasteiger partial charge in [-0.3, -0.25) is 0 Å². The van der Waals surface area contributed by atoms with E-state index < -0.39 is 0 Å². The lowest BCUT2D eigenvalue weighted by molar-refractivity contribution is 0.453. The SMILES string of the molecule is Cc1nc2ccc(C3(CN)CCCC3)cc2n1C. The van der Waals surface area contributed by atoms with Crippen LogP contribution < -0.4 is 5.73 Å². The Morgan fingerprint density at radius 2 is 2.06 bits per heavy atom. The van der Waals surface area contributed by atoms with Gasteiger partial charge in [-0.15, -0.1) is 0 Å². The monoisotopic (exact) mass is 243 g/mol. The Labute approximate surface area is 108 Å². The van der Waals surface area contributed by atoms with Crippen molar-refractivity contribution < 1.29 is 0 Å². The molecular formula is C15H21N3. The van der Waals surface area contributed by atoms with E-state index in [1.54, 1.807) is 0 Å². The zero-order valence-electron chi connectivity index (χ0n) is 11.2. The molecule has 1 aromatic heterocycles. The minimum atomic E-state index is 0.215. The first-order valence-corrected chi connectivity index (χ1v) is 6.80. The third-order valence-electron chi connectivity index (χ3n) is 4.67. The molecule has 0 amide bonds. The van der Waals surface area contributed by atoms with Crippen molar-refractivity contribution in [2.24, 2.45) is 12.8 Å². The second-order valence-electron chi connectivity index (χ2n) is 5.61. The van der Waals surface area contributed by atoms with Crippen LogP contribution in [-0.2, 0) is 12.5 Å². The van der Waals surface area contributed by atoms with E-state index in [1.165, 1.54) is 36.8 Å². The van der Waals surface area contributed by atoms with Gasteiger partial charge in [-0.2, -0.15) is 0 Å². The number of aromatic nitrogens is 2. The van der Waals surface area contributed by atoms with E-state index >= 15 is 0 Å². The van der Waals surface area contributed by atoms with E-state index in [1.807, 2.05) is 6.92 Å². The highest BCUT2D eigenvalue weighted by Crippen LogP contribution is 2.40. The predicted octanol–water partition coefficient (Wildman–Crippen LogP) is 2.65. The van der Waals surface area contributed by atoms with Crippen LogP contribution in [0.4, 0.5) is 0 Å². The zero-order valence-corrected chi connectivity index (χ0v) is 11.2. The number of benzene rings is 1. The van der Waals surface area contributed by atoms with Gasteiger partial charge in [-0.25, -0.2) is 4.98 Å². The maximum Gasteiger partial charge on any atom is 0.106 e. The lowest BCUT2D eigenvalue weighted by Gasteiger charge is -2.27. The topological polar surface area (TPSA) is 43.8 Å². The molecule has 96 valence electrons. The van der Waals surface area contributed by atoms with Crippen LogP contribution >= 0.6 is 0 Å². The van der Waals surface area contributed by atoms with Crippen molar-refractivity contribution in [1.29, 1.82) is 0 Å². The smallest absolute Gasteiger partial charge is 0.106 e. The normalized spacial score (nSPS) is 18.6. The Hall–Kier alpha value is -1.35. The maximum absolute atomic E-state index is 6.07. The van der Waals surface area contributed by atoms with Gasteiger partial charge in [-0.1, -0.05) is 18.9 Å². The van der Waals surface area contributed by atoms with E-state index in [4.69, 9.17) is 5.73 Å². The number of aryl methyl sites for hydroxylation is 2. The number of rotatable bonds is 2. The summed E-state index contributed by atoms with van der Waals surface area (Å²) in [4.78, 5) is 4.56. The molecule has 0 radical (unpaired) electrons. The van der Waals surface area contributed by atoms with Gasteiger partial charge in [0.25, 0.3) is 0 Å². The molecule has 1 heterocycles. The van der Waals surface area contributed by atoms with Gasteiger partial charge in [0, 0.05) is 19.0 Å². The molecule has 1 saturated carbocycles. The lowest BCUT2D eigenvalue weighted by atomic mass is 9.79. The standard InChI is InChI=1S/C15H21N3/c1-11-17-13-6-5-12(9-14(13)18(11)2)15(10-16)7-3-4-8-15/h5-6,9H,3-4,7-8,10,16H2,1-2H3. The molecule has 3 rings (SSSR count). The van der Waals surface area contributed by atoms with Crippen molar-refractivity contribution in [3.8, 4) is 0 Å². The van der Waals surface area contributed by atoms with Gasteiger partial charge in [0.2, 0.25) is 0 Å². The molecule has 1 aromatic carbocycles. The van der Waals surface area contributed by atoms with Crippen molar-refractivity contribution in [1.82, 2.24) is 9.55 Å². The summed E-state index contributed by atoms with van der Waals surface area (Å²) in [6.07, 6.45) is 5.07. The number of imidazole rings is 1. The van der Waals surface area contributed by atoms with Crippen LogP contribution in [0.15, 0.2) is 18.2 Å². The molecule has 1 aliphatic rings. The highest BCUT2D eigenvalue weighted by atomic mass is 15.0. The first kappa shape index (κ1) is 11.7. The molecule has 3 heteroatoms. The number of nitrogens with two attached hydrogens (primary N) is 1. The van der Waals surface area contributed by atoms with Crippen LogP contribution in [0.1, 0.15) is 37.1 Å². The number of nitrogens with zero attached hydrogens (tertiary/aromatic N) is 2. The second kappa shape index (κ2) is 4.09. The van der Waals surface area contributed by atoms with Crippen molar-refractivity contribution >= 4 is 11.0 Å². The van der Waals surface area contributed by atoms with Crippen LogP contribution in [0, 0.1) is 6.92 Å². The molecule has 2 aromatic rings. The first-order chi connectivity index (χ1) is 8.66. The molecule has 2 N–H and O–H groups in total. The minimum absolute atomic E-state index is 0.215. The molecule has 0 bridgehead atoms. The summed E-state index contributed by atoms with van der Waals surface area (Å²) >= 11 is 0. The molecule has 0 aliphatic heterocycles. The number of hydrogen-bond donors (Lipinski definition) is 1. The van der Waals surface area contributed by atoms with Crippen LogP contribution in [0.25, 0.3) is 11.0 Å². The van der Waals surface area contributed by atoms with Gasteiger partial charge in [-0.05, 0) is 37.5 Å². The van der Waals surface area contributed by atoms with Gasteiger partial charge < -0.3 is 10.3 Å². The van der Waals surface area contributed by atoms with Gasteiger partial charge in [0.15, 0.2) is 0 Å². The lowest BCUT2D eigenvalue weighted by Crippen LogP contribution is -2.31. The highest BCUT2D eigenvalue weighted by Gasteiger charge is 2.34. The third kappa shape index (κ3) is 1.57. The maximum atomic E-state index is 6.07. The first-order valence-electron chi connectivity index (χ1n) is 6.80. The van der Waals surface area contributed by atoms with E-state index in [2.05, 4.69) is 34.8 Å². The van der Waals surface area contributed by atoms with E-state index in [0.29, 0.717) is 0 Å². The fourth-order valence-electron chi connectivity index (χ4n) is 3.30. The van der Waals surface area contributed by atoms with Gasteiger partial charge in [0.1, 0.15) is 5.82 Å². The molecule has 3 nitrogen and oxygen atoms in total. The highest BCUT2D eigenvalue weighted by molar-refractivity contribution is 5.77. The Morgan fingerprint density at radius 3 is 2.72 bits per heavy atom. The molecule has 0 saturated heterocycles. The average molecular weight is 243 g/mol. The molecule has 0 unspecified atom stereocenters. The third-order valence-corrected chi connectivity index (χ3v) is 4.67. The second-order valence-corrected chi connectivity index (χ2v) is 5.61. The summed E-state index contributed by atoms with van der Waals surface area (Å²) in [6.45, 7) is 2.81. The number of hydrogen-bond acceptors (Lipinski definition) is 2. The van der Waals surface area contributed by atoms with Gasteiger partial charge in [0.05, 0.1) is 11.0 Å². The largest absolute Gasteiger partial charge is 0.331 e. The van der Waals surface area contributed by atoms with Crippen LogP contribution in [0.3, 0.4) is 0 Å². The fraction of sp³-hybridized carbons (Fsp3) is 0.533. The van der Waals surface area contributed by atoms with Crippen molar-refractivity contribution in [2.75, 3.05) is 6.54 Å².